The van der Waals surface area contributed by atoms with E-state index < -0.39 is 6.04 Å². The molecule has 32 heavy (non-hydrogen) atoms. The molecule has 3 aliphatic heterocycles. The SMILES string of the molecule is CC1CN(c2ccc(Cl)cc2)C2NC3C(C(=O)N(Cc4ccc(Cl)cc4)C(=O)N3C)N2C1. The van der Waals surface area contributed by atoms with E-state index in [1.165, 1.54) is 4.90 Å². The Morgan fingerprint density at radius 2 is 1.59 bits per heavy atom. The predicted molar refractivity (Wildman–Crippen MR) is 124 cm³/mol. The van der Waals surface area contributed by atoms with Gasteiger partial charge >= 0.3 is 6.03 Å². The van der Waals surface area contributed by atoms with Crippen molar-refractivity contribution in [3.63, 3.8) is 0 Å². The summed E-state index contributed by atoms with van der Waals surface area (Å²) in [7, 11) is 1.75. The summed E-state index contributed by atoms with van der Waals surface area (Å²) in [5, 5.41) is 4.84. The molecule has 0 saturated carbocycles. The molecule has 0 spiro atoms. The number of nitrogens with zero attached hydrogens (tertiary/aromatic N) is 4. The lowest BCUT2D eigenvalue weighted by molar-refractivity contribution is -0.139. The molecule has 4 atom stereocenters. The number of likely N-dealkylation sites (N-methyl/N-ethyl adjacent to an activating group) is 1. The maximum absolute atomic E-state index is 13.6. The highest BCUT2D eigenvalue weighted by molar-refractivity contribution is 6.30. The molecule has 3 saturated heterocycles. The summed E-state index contributed by atoms with van der Waals surface area (Å²) < 4.78 is 0. The molecule has 9 heteroatoms. The Labute approximate surface area is 197 Å². The number of carbonyl (C=O) groups is 2. The fourth-order valence-electron chi connectivity index (χ4n) is 4.97. The molecule has 7 nitrogen and oxygen atoms in total. The van der Waals surface area contributed by atoms with Crippen LogP contribution in [0.25, 0.3) is 0 Å². The van der Waals surface area contributed by atoms with Gasteiger partial charge in [0, 0.05) is 35.9 Å². The molecule has 3 heterocycles. The van der Waals surface area contributed by atoms with Gasteiger partial charge in [-0.15, -0.1) is 0 Å². The van der Waals surface area contributed by atoms with E-state index in [1.807, 2.05) is 36.4 Å². The van der Waals surface area contributed by atoms with Gasteiger partial charge in [-0.1, -0.05) is 42.3 Å². The van der Waals surface area contributed by atoms with Crippen LogP contribution in [0.5, 0.6) is 0 Å². The standard InChI is InChI=1S/C23H25Cl2N5O2/c1-14-11-28(18-9-7-17(25)8-10-18)22-26-20-19(29(22)12-14)21(31)30(23(32)27(20)2)13-15-3-5-16(24)6-4-15/h3-10,14,19-20,22,26H,11-13H2,1-2H3. The molecule has 1 N–H and O–H groups in total. The van der Waals surface area contributed by atoms with E-state index in [0.717, 1.165) is 24.3 Å². The molecule has 2 aromatic rings. The number of benzene rings is 2. The lowest BCUT2D eigenvalue weighted by Gasteiger charge is -2.46. The minimum absolute atomic E-state index is 0.173. The van der Waals surface area contributed by atoms with Crippen LogP contribution in [0.1, 0.15) is 12.5 Å². The number of rotatable bonds is 3. The van der Waals surface area contributed by atoms with Gasteiger partial charge in [0.2, 0.25) is 0 Å². The molecule has 0 bridgehead atoms. The second kappa shape index (κ2) is 8.23. The van der Waals surface area contributed by atoms with Crippen LogP contribution in [0.2, 0.25) is 10.0 Å². The zero-order valence-electron chi connectivity index (χ0n) is 17.9. The normalized spacial score (nSPS) is 28.2. The van der Waals surface area contributed by atoms with Crippen LogP contribution < -0.4 is 10.2 Å². The van der Waals surface area contributed by atoms with Gasteiger partial charge in [0.05, 0.1) is 6.54 Å². The van der Waals surface area contributed by atoms with Crippen molar-refractivity contribution >= 4 is 40.8 Å². The first-order chi connectivity index (χ1) is 15.3. The second-order valence-corrected chi connectivity index (χ2v) is 9.68. The Kier molecular flexibility index (Phi) is 5.53. The Morgan fingerprint density at radius 1 is 0.969 bits per heavy atom. The first kappa shape index (κ1) is 21.5. The summed E-state index contributed by atoms with van der Waals surface area (Å²) in [6.45, 7) is 4.01. The first-order valence-corrected chi connectivity index (χ1v) is 11.5. The largest absolute Gasteiger partial charge is 0.343 e. The fraction of sp³-hybridized carbons (Fsp3) is 0.391. The molecule has 0 radical (unpaired) electrons. The smallest absolute Gasteiger partial charge is 0.328 e. The van der Waals surface area contributed by atoms with Crippen molar-refractivity contribution in [3.05, 3.63) is 64.1 Å². The highest BCUT2D eigenvalue weighted by atomic mass is 35.5. The van der Waals surface area contributed by atoms with E-state index in [9.17, 15) is 9.59 Å². The summed E-state index contributed by atoms with van der Waals surface area (Å²) >= 11 is 12.1. The molecule has 3 amide bonds. The third-order valence-corrected chi connectivity index (χ3v) is 7.00. The Balaban J connectivity index is 1.45. The third-order valence-electron chi connectivity index (χ3n) is 6.50. The van der Waals surface area contributed by atoms with Gasteiger partial charge in [0.15, 0.2) is 0 Å². The minimum atomic E-state index is -0.451. The molecule has 168 valence electrons. The van der Waals surface area contributed by atoms with Crippen LogP contribution in [0, 0.1) is 5.92 Å². The number of urea groups is 1. The molecule has 3 fully saturated rings. The van der Waals surface area contributed by atoms with Gasteiger partial charge in [-0.2, -0.15) is 0 Å². The van der Waals surface area contributed by atoms with Crippen LogP contribution in [-0.4, -0.2) is 65.3 Å². The van der Waals surface area contributed by atoms with Crippen molar-refractivity contribution in [2.45, 2.75) is 32.0 Å². The maximum Gasteiger partial charge on any atom is 0.328 e. The highest BCUT2D eigenvalue weighted by Gasteiger charge is 2.56. The van der Waals surface area contributed by atoms with Crippen LogP contribution in [0.4, 0.5) is 10.5 Å². The fourth-order valence-corrected chi connectivity index (χ4v) is 5.22. The van der Waals surface area contributed by atoms with Crippen molar-refractivity contribution in [2.75, 3.05) is 25.0 Å². The van der Waals surface area contributed by atoms with Crippen molar-refractivity contribution in [2.24, 2.45) is 5.92 Å². The van der Waals surface area contributed by atoms with Crippen molar-refractivity contribution < 1.29 is 9.59 Å². The summed E-state index contributed by atoms with van der Waals surface area (Å²) in [5.41, 5.74) is 1.89. The lowest BCUT2D eigenvalue weighted by Crippen LogP contribution is -2.66. The van der Waals surface area contributed by atoms with Crippen molar-refractivity contribution in [1.29, 1.82) is 0 Å². The van der Waals surface area contributed by atoms with Gasteiger partial charge < -0.3 is 9.80 Å². The van der Waals surface area contributed by atoms with Gasteiger partial charge in [-0.05, 0) is 47.9 Å². The molecule has 3 aliphatic rings. The Hall–Kier alpha value is -2.32. The number of hydrogen-bond acceptors (Lipinski definition) is 5. The predicted octanol–water partition coefficient (Wildman–Crippen LogP) is 3.43. The molecular weight excluding hydrogens is 449 g/mol. The molecule has 2 aromatic carbocycles. The third kappa shape index (κ3) is 3.63. The quantitative estimate of drug-likeness (QED) is 0.739. The number of amides is 3. The molecule has 4 unspecified atom stereocenters. The molecule has 0 aliphatic carbocycles. The average molecular weight is 474 g/mol. The summed E-state index contributed by atoms with van der Waals surface area (Å²) in [6.07, 6.45) is -0.571. The van der Waals surface area contributed by atoms with Crippen LogP contribution in [0.3, 0.4) is 0 Å². The summed E-state index contributed by atoms with van der Waals surface area (Å²) in [5.74, 6) is 0.177. The maximum atomic E-state index is 13.6. The van der Waals surface area contributed by atoms with Crippen LogP contribution in [0.15, 0.2) is 48.5 Å². The zero-order valence-corrected chi connectivity index (χ0v) is 19.4. The van der Waals surface area contributed by atoms with E-state index in [-0.39, 0.29) is 30.9 Å². The van der Waals surface area contributed by atoms with E-state index in [1.54, 1.807) is 24.1 Å². The molecule has 0 aromatic heterocycles. The molecular formula is C23H25Cl2N5O2. The summed E-state index contributed by atoms with van der Waals surface area (Å²) in [4.78, 5) is 34.2. The summed E-state index contributed by atoms with van der Waals surface area (Å²) in [6, 6.07) is 14.2. The van der Waals surface area contributed by atoms with Gasteiger partial charge in [-0.25, -0.2) is 4.79 Å². The van der Waals surface area contributed by atoms with Crippen LogP contribution in [-0.2, 0) is 11.3 Å². The van der Waals surface area contributed by atoms with E-state index in [2.05, 4.69) is 22.0 Å². The minimum Gasteiger partial charge on any atom is -0.343 e. The lowest BCUT2D eigenvalue weighted by atomic mass is 10.0. The zero-order chi connectivity index (χ0) is 22.6. The number of halogens is 2. The van der Waals surface area contributed by atoms with Crippen molar-refractivity contribution in [1.82, 2.24) is 20.0 Å². The number of nitrogens with one attached hydrogen (secondary N) is 1. The van der Waals surface area contributed by atoms with Crippen LogP contribution >= 0.6 is 23.2 Å². The topological polar surface area (TPSA) is 59.1 Å². The molecule has 5 rings (SSSR count). The second-order valence-electron chi connectivity index (χ2n) is 8.81. The first-order valence-electron chi connectivity index (χ1n) is 10.7. The Bertz CT molecular complexity index is 1030. The average Bonchev–Trinajstić information content (AvgIpc) is 3.16. The number of anilines is 1. The van der Waals surface area contributed by atoms with E-state index in [0.29, 0.717) is 16.0 Å². The number of fused-ring (bicyclic) bond motifs is 3. The van der Waals surface area contributed by atoms with E-state index in [4.69, 9.17) is 23.2 Å². The Morgan fingerprint density at radius 3 is 2.25 bits per heavy atom. The number of imide groups is 1. The highest BCUT2D eigenvalue weighted by Crippen LogP contribution is 2.35. The monoisotopic (exact) mass is 473 g/mol. The van der Waals surface area contributed by atoms with Gasteiger partial charge in [-0.3, -0.25) is 19.9 Å². The number of hydrogen-bond donors (Lipinski definition) is 1. The number of carbonyl (C=O) groups excluding carboxylic acids is 2. The van der Waals surface area contributed by atoms with Gasteiger partial charge in [0.1, 0.15) is 18.5 Å². The van der Waals surface area contributed by atoms with Crippen molar-refractivity contribution in [3.8, 4) is 0 Å². The van der Waals surface area contributed by atoms with Gasteiger partial charge in [0.25, 0.3) is 5.91 Å². The van der Waals surface area contributed by atoms with E-state index >= 15 is 0 Å².